The van der Waals surface area contributed by atoms with Crippen molar-refractivity contribution in [2.24, 2.45) is 10.8 Å². The monoisotopic (exact) mass is 337 g/mol. The zero-order valence-electron chi connectivity index (χ0n) is 13.8. The maximum absolute atomic E-state index is 12.5. The van der Waals surface area contributed by atoms with E-state index in [2.05, 4.69) is 15.4 Å². The highest BCUT2D eigenvalue weighted by Crippen LogP contribution is 2.24. The molecule has 0 radical (unpaired) electrons. The van der Waals surface area contributed by atoms with Gasteiger partial charge in [0.05, 0.1) is 11.7 Å². The van der Waals surface area contributed by atoms with Crippen molar-refractivity contribution in [1.82, 2.24) is 10.3 Å². The molecule has 3 rings (SSSR count). The SMILES string of the molecule is C[C@H](NC(=O)C1=NN(c2ccccc2)[C@@H](C(N)=O)C1)c1ccncc1. The third-order valence-electron chi connectivity index (χ3n) is 4.08. The number of carbonyl (C=O) groups is 2. The van der Waals surface area contributed by atoms with E-state index in [0.717, 1.165) is 11.3 Å². The maximum Gasteiger partial charge on any atom is 0.268 e. The molecule has 7 nitrogen and oxygen atoms in total. The fraction of sp³-hybridized carbons (Fsp3) is 0.222. The van der Waals surface area contributed by atoms with Gasteiger partial charge >= 0.3 is 0 Å². The number of anilines is 1. The largest absolute Gasteiger partial charge is 0.368 e. The van der Waals surface area contributed by atoms with Crippen molar-refractivity contribution >= 4 is 23.2 Å². The Bertz CT molecular complexity index is 792. The Labute approximate surface area is 145 Å². The average molecular weight is 337 g/mol. The number of nitrogens with two attached hydrogens (primary N) is 1. The molecule has 1 aromatic heterocycles. The van der Waals surface area contributed by atoms with Crippen molar-refractivity contribution < 1.29 is 9.59 Å². The summed E-state index contributed by atoms with van der Waals surface area (Å²) in [5, 5.41) is 8.73. The molecule has 0 spiro atoms. The van der Waals surface area contributed by atoms with Crippen molar-refractivity contribution in [2.45, 2.75) is 25.4 Å². The van der Waals surface area contributed by atoms with Gasteiger partial charge in [-0.05, 0) is 36.8 Å². The number of hydrogen-bond acceptors (Lipinski definition) is 5. The molecular formula is C18H19N5O2. The number of nitrogens with zero attached hydrogens (tertiary/aromatic N) is 3. The second-order valence-electron chi connectivity index (χ2n) is 5.82. The number of pyridine rings is 1. The molecule has 2 amide bonds. The summed E-state index contributed by atoms with van der Waals surface area (Å²) < 4.78 is 0. The predicted octanol–water partition coefficient (Wildman–Crippen LogP) is 1.38. The van der Waals surface area contributed by atoms with Gasteiger partial charge in [0.25, 0.3) is 5.91 Å². The highest BCUT2D eigenvalue weighted by molar-refractivity contribution is 6.40. The number of carbonyl (C=O) groups excluding carboxylic acids is 2. The molecule has 0 unspecified atom stereocenters. The molecular weight excluding hydrogens is 318 g/mol. The zero-order chi connectivity index (χ0) is 17.8. The lowest BCUT2D eigenvalue weighted by molar-refractivity contribution is -0.119. The second-order valence-corrected chi connectivity index (χ2v) is 5.82. The van der Waals surface area contributed by atoms with Crippen LogP contribution in [0.2, 0.25) is 0 Å². The molecule has 0 saturated carbocycles. The molecule has 0 saturated heterocycles. The van der Waals surface area contributed by atoms with Crippen molar-refractivity contribution in [3.63, 3.8) is 0 Å². The van der Waals surface area contributed by atoms with Crippen molar-refractivity contribution in [1.29, 1.82) is 0 Å². The van der Waals surface area contributed by atoms with Crippen molar-refractivity contribution in [2.75, 3.05) is 5.01 Å². The Balaban J connectivity index is 1.77. The van der Waals surface area contributed by atoms with Crippen LogP contribution in [0, 0.1) is 0 Å². The Morgan fingerprint density at radius 1 is 1.20 bits per heavy atom. The first-order chi connectivity index (χ1) is 12.1. The molecule has 1 aliphatic rings. The van der Waals surface area contributed by atoms with Gasteiger partial charge in [0.15, 0.2) is 0 Å². The first-order valence-electron chi connectivity index (χ1n) is 7.98. The van der Waals surface area contributed by atoms with E-state index in [1.807, 2.05) is 49.4 Å². The molecule has 0 bridgehead atoms. The van der Waals surface area contributed by atoms with Crippen LogP contribution in [-0.4, -0.2) is 28.6 Å². The van der Waals surface area contributed by atoms with Crippen molar-refractivity contribution in [3.05, 3.63) is 60.4 Å². The Morgan fingerprint density at radius 3 is 2.52 bits per heavy atom. The van der Waals surface area contributed by atoms with Gasteiger partial charge in [-0.15, -0.1) is 0 Å². The quantitative estimate of drug-likeness (QED) is 0.860. The lowest BCUT2D eigenvalue weighted by Crippen LogP contribution is -2.40. The minimum atomic E-state index is -0.667. The third kappa shape index (κ3) is 3.65. The average Bonchev–Trinajstić information content (AvgIpc) is 3.09. The number of para-hydroxylation sites is 1. The van der Waals surface area contributed by atoms with E-state index >= 15 is 0 Å². The number of nitrogens with one attached hydrogen (secondary N) is 1. The fourth-order valence-electron chi connectivity index (χ4n) is 2.70. The number of hydrogen-bond donors (Lipinski definition) is 2. The summed E-state index contributed by atoms with van der Waals surface area (Å²) in [5.41, 5.74) is 7.43. The zero-order valence-corrected chi connectivity index (χ0v) is 13.8. The van der Waals surface area contributed by atoms with E-state index in [4.69, 9.17) is 5.73 Å². The van der Waals surface area contributed by atoms with Gasteiger partial charge in [-0.1, -0.05) is 18.2 Å². The van der Waals surface area contributed by atoms with Crippen molar-refractivity contribution in [3.8, 4) is 0 Å². The molecule has 3 N–H and O–H groups in total. The van der Waals surface area contributed by atoms with Crippen LogP contribution >= 0.6 is 0 Å². The summed E-state index contributed by atoms with van der Waals surface area (Å²) in [4.78, 5) is 28.3. The number of primary amides is 1. The van der Waals surface area contributed by atoms with Gasteiger partial charge in [0, 0.05) is 18.8 Å². The van der Waals surface area contributed by atoms with E-state index in [9.17, 15) is 9.59 Å². The molecule has 2 heterocycles. The van der Waals surface area contributed by atoms with E-state index in [0.29, 0.717) is 0 Å². The molecule has 128 valence electrons. The first kappa shape index (κ1) is 16.6. The summed E-state index contributed by atoms with van der Waals surface area (Å²) in [7, 11) is 0. The van der Waals surface area contributed by atoms with Gasteiger partial charge in [-0.25, -0.2) is 0 Å². The number of hydrazone groups is 1. The van der Waals surface area contributed by atoms with E-state index in [1.165, 1.54) is 5.01 Å². The highest BCUT2D eigenvalue weighted by atomic mass is 16.2. The van der Waals surface area contributed by atoms with Crippen LogP contribution in [0.3, 0.4) is 0 Å². The molecule has 25 heavy (non-hydrogen) atoms. The minimum absolute atomic E-state index is 0.180. The molecule has 1 aromatic carbocycles. The van der Waals surface area contributed by atoms with E-state index in [-0.39, 0.29) is 24.1 Å². The number of amides is 2. The summed E-state index contributed by atoms with van der Waals surface area (Å²) in [6, 6.07) is 12.0. The third-order valence-corrected chi connectivity index (χ3v) is 4.08. The Kier molecular flexibility index (Phi) is 4.74. The van der Waals surface area contributed by atoms with Gasteiger partial charge in [-0.3, -0.25) is 19.6 Å². The summed E-state index contributed by atoms with van der Waals surface area (Å²) >= 11 is 0. The van der Waals surface area contributed by atoms with Gasteiger partial charge < -0.3 is 11.1 Å². The van der Waals surface area contributed by atoms with E-state index < -0.39 is 11.9 Å². The summed E-state index contributed by atoms with van der Waals surface area (Å²) in [6.45, 7) is 1.88. The van der Waals surface area contributed by atoms with Crippen LogP contribution < -0.4 is 16.1 Å². The molecule has 0 aliphatic carbocycles. The van der Waals surface area contributed by atoms with Crippen LogP contribution in [0.1, 0.15) is 24.9 Å². The molecule has 2 atom stereocenters. The first-order valence-corrected chi connectivity index (χ1v) is 7.98. The number of aromatic nitrogens is 1. The smallest absolute Gasteiger partial charge is 0.268 e. The van der Waals surface area contributed by atoms with Crippen LogP contribution in [0.4, 0.5) is 5.69 Å². The number of rotatable bonds is 5. The van der Waals surface area contributed by atoms with Gasteiger partial charge in [0.2, 0.25) is 5.91 Å². The van der Waals surface area contributed by atoms with Crippen LogP contribution in [0.15, 0.2) is 60.0 Å². The van der Waals surface area contributed by atoms with Crippen LogP contribution in [0.25, 0.3) is 0 Å². The normalized spacial score (nSPS) is 17.7. The Morgan fingerprint density at radius 2 is 1.88 bits per heavy atom. The second kappa shape index (κ2) is 7.12. The fourth-order valence-corrected chi connectivity index (χ4v) is 2.70. The molecule has 2 aromatic rings. The minimum Gasteiger partial charge on any atom is -0.368 e. The number of benzene rings is 1. The van der Waals surface area contributed by atoms with Crippen LogP contribution in [0.5, 0.6) is 0 Å². The maximum atomic E-state index is 12.5. The predicted molar refractivity (Wildman–Crippen MR) is 94.8 cm³/mol. The molecule has 7 heteroatoms. The van der Waals surface area contributed by atoms with Gasteiger partial charge in [0.1, 0.15) is 11.8 Å². The summed E-state index contributed by atoms with van der Waals surface area (Å²) in [6.07, 6.45) is 3.52. The Hall–Kier alpha value is -3.22. The summed E-state index contributed by atoms with van der Waals surface area (Å²) in [5.74, 6) is -0.827. The van der Waals surface area contributed by atoms with Gasteiger partial charge in [-0.2, -0.15) is 5.10 Å². The molecule has 0 fully saturated rings. The highest BCUT2D eigenvalue weighted by Gasteiger charge is 2.35. The van der Waals surface area contributed by atoms with E-state index in [1.54, 1.807) is 12.4 Å². The van der Waals surface area contributed by atoms with Crippen LogP contribution in [-0.2, 0) is 9.59 Å². The standard InChI is InChI=1S/C18H19N5O2/c1-12(13-7-9-20-10-8-13)21-18(25)15-11-16(17(19)24)23(22-15)14-5-3-2-4-6-14/h2-10,12,16H,11H2,1H3,(H2,19,24)(H,21,25)/t12-,16+/m0/s1. The molecule has 1 aliphatic heterocycles. The lowest BCUT2D eigenvalue weighted by Gasteiger charge is -2.20. The topological polar surface area (TPSA) is 101 Å². The lowest BCUT2D eigenvalue weighted by atomic mass is 10.1.